The van der Waals surface area contributed by atoms with Crippen LogP contribution in [0.3, 0.4) is 0 Å². The molecular formula is C16H28N4O2. The van der Waals surface area contributed by atoms with Crippen LogP contribution in [0.25, 0.3) is 0 Å². The Morgan fingerprint density at radius 2 is 2.14 bits per heavy atom. The molecule has 1 fully saturated rings. The lowest BCUT2D eigenvalue weighted by Crippen LogP contribution is -2.53. The molecule has 0 bridgehead atoms. The summed E-state index contributed by atoms with van der Waals surface area (Å²) in [5, 5.41) is 3.19. The molecule has 1 aliphatic rings. The van der Waals surface area contributed by atoms with E-state index in [2.05, 4.69) is 31.1 Å². The predicted molar refractivity (Wildman–Crippen MR) is 85.6 cm³/mol. The van der Waals surface area contributed by atoms with E-state index in [1.165, 1.54) is 0 Å². The van der Waals surface area contributed by atoms with Gasteiger partial charge in [0.1, 0.15) is 0 Å². The Kier molecular flexibility index (Phi) is 5.45. The van der Waals surface area contributed by atoms with Crippen LogP contribution in [-0.4, -0.2) is 52.8 Å². The summed E-state index contributed by atoms with van der Waals surface area (Å²) in [5.74, 6) is 0. The Morgan fingerprint density at radius 3 is 2.68 bits per heavy atom. The Labute approximate surface area is 132 Å². The van der Waals surface area contributed by atoms with Crippen LogP contribution in [0.4, 0.5) is 4.79 Å². The highest BCUT2D eigenvalue weighted by atomic mass is 16.5. The fraction of sp³-hybridized carbons (Fsp3) is 0.750. The van der Waals surface area contributed by atoms with Crippen molar-refractivity contribution in [2.24, 2.45) is 5.41 Å². The third kappa shape index (κ3) is 4.47. The summed E-state index contributed by atoms with van der Waals surface area (Å²) in [5.41, 5.74) is -0.0313. The van der Waals surface area contributed by atoms with E-state index in [9.17, 15) is 4.79 Å². The maximum absolute atomic E-state index is 12.6. The second kappa shape index (κ2) is 7.13. The lowest BCUT2D eigenvalue weighted by molar-refractivity contribution is 0.0512. The Balaban J connectivity index is 1.98. The minimum atomic E-state index is -0.0313. The number of imidazole rings is 1. The molecule has 6 nitrogen and oxygen atoms in total. The van der Waals surface area contributed by atoms with Crippen molar-refractivity contribution in [2.75, 3.05) is 20.3 Å². The summed E-state index contributed by atoms with van der Waals surface area (Å²) in [6.45, 7) is 8.62. The molecule has 1 aromatic heterocycles. The number of aromatic nitrogens is 2. The van der Waals surface area contributed by atoms with E-state index >= 15 is 0 Å². The lowest BCUT2D eigenvalue weighted by Gasteiger charge is -2.36. The number of carbonyl (C=O) groups excluding carboxylic acids is 1. The number of rotatable bonds is 4. The smallest absolute Gasteiger partial charge is 0.317 e. The molecule has 0 saturated carbocycles. The summed E-state index contributed by atoms with van der Waals surface area (Å²) >= 11 is 0. The molecule has 1 aliphatic heterocycles. The summed E-state index contributed by atoms with van der Waals surface area (Å²) in [6.07, 6.45) is 7.28. The largest absolute Gasteiger partial charge is 0.381 e. The van der Waals surface area contributed by atoms with Crippen LogP contribution in [0.5, 0.6) is 0 Å². The molecular weight excluding hydrogens is 280 g/mol. The number of urea groups is 1. The zero-order valence-corrected chi connectivity index (χ0v) is 14.1. The molecule has 0 spiro atoms. The van der Waals surface area contributed by atoms with Crippen LogP contribution in [0, 0.1) is 5.41 Å². The summed E-state index contributed by atoms with van der Waals surface area (Å²) < 4.78 is 7.37. The quantitative estimate of drug-likeness (QED) is 0.927. The van der Waals surface area contributed by atoms with Gasteiger partial charge in [0.2, 0.25) is 0 Å². The molecule has 1 aromatic rings. The van der Waals surface area contributed by atoms with Gasteiger partial charge >= 0.3 is 6.03 Å². The van der Waals surface area contributed by atoms with Crippen molar-refractivity contribution >= 4 is 6.03 Å². The zero-order chi connectivity index (χ0) is 16.2. The van der Waals surface area contributed by atoms with E-state index < -0.39 is 0 Å². The number of nitrogens with one attached hydrogen (secondary N) is 1. The average Bonchev–Trinajstić information content (AvgIpc) is 2.98. The molecule has 0 radical (unpaired) electrons. The van der Waals surface area contributed by atoms with E-state index in [-0.39, 0.29) is 23.5 Å². The molecule has 0 aliphatic carbocycles. The number of hydrogen-bond acceptors (Lipinski definition) is 3. The van der Waals surface area contributed by atoms with Gasteiger partial charge in [-0.25, -0.2) is 9.78 Å². The van der Waals surface area contributed by atoms with Gasteiger partial charge in [0.25, 0.3) is 0 Å². The van der Waals surface area contributed by atoms with E-state index in [4.69, 9.17) is 4.74 Å². The molecule has 2 heterocycles. The van der Waals surface area contributed by atoms with E-state index in [0.29, 0.717) is 0 Å². The van der Waals surface area contributed by atoms with Crippen LogP contribution >= 0.6 is 0 Å². The van der Waals surface area contributed by atoms with Crippen molar-refractivity contribution in [2.45, 2.75) is 52.2 Å². The van der Waals surface area contributed by atoms with Crippen molar-refractivity contribution in [3.8, 4) is 0 Å². The van der Waals surface area contributed by atoms with Gasteiger partial charge in [0.05, 0.1) is 12.4 Å². The second-order valence-corrected chi connectivity index (χ2v) is 7.08. The predicted octanol–water partition coefficient (Wildman–Crippen LogP) is 2.12. The monoisotopic (exact) mass is 308 g/mol. The van der Waals surface area contributed by atoms with Crippen LogP contribution in [0.2, 0.25) is 0 Å². The van der Waals surface area contributed by atoms with Crippen molar-refractivity contribution in [3.63, 3.8) is 0 Å². The van der Waals surface area contributed by atoms with Crippen LogP contribution in [0.1, 0.15) is 33.6 Å². The number of amides is 2. The molecule has 1 N–H and O–H groups in total. The fourth-order valence-electron chi connectivity index (χ4n) is 2.63. The highest BCUT2D eigenvalue weighted by molar-refractivity contribution is 5.74. The molecule has 1 saturated heterocycles. The number of carbonyl (C=O) groups is 1. The highest BCUT2D eigenvalue weighted by Crippen LogP contribution is 2.21. The fourth-order valence-corrected chi connectivity index (χ4v) is 2.63. The van der Waals surface area contributed by atoms with Gasteiger partial charge in [-0.05, 0) is 18.3 Å². The molecule has 1 atom stereocenters. The van der Waals surface area contributed by atoms with Gasteiger partial charge < -0.3 is 19.5 Å². The van der Waals surface area contributed by atoms with Crippen molar-refractivity contribution in [1.29, 1.82) is 0 Å². The first-order valence-electron chi connectivity index (χ1n) is 7.94. The third-order valence-corrected chi connectivity index (χ3v) is 4.35. The van der Waals surface area contributed by atoms with E-state index in [1.807, 2.05) is 22.7 Å². The van der Waals surface area contributed by atoms with Gasteiger partial charge in [-0.1, -0.05) is 20.8 Å². The van der Waals surface area contributed by atoms with Gasteiger partial charge in [-0.3, -0.25) is 0 Å². The third-order valence-electron chi connectivity index (χ3n) is 4.35. The zero-order valence-electron chi connectivity index (χ0n) is 14.1. The van der Waals surface area contributed by atoms with E-state index in [0.717, 1.165) is 32.6 Å². The first-order chi connectivity index (χ1) is 10.4. The Bertz CT molecular complexity index is 461. The number of ether oxygens (including phenoxy) is 1. The minimum absolute atomic E-state index is 0.00746. The molecule has 22 heavy (non-hydrogen) atoms. The van der Waals surface area contributed by atoms with Crippen molar-refractivity contribution < 1.29 is 9.53 Å². The normalized spacial score (nSPS) is 18.0. The summed E-state index contributed by atoms with van der Waals surface area (Å²) in [7, 11) is 1.88. The second-order valence-electron chi connectivity index (χ2n) is 7.08. The molecule has 2 rings (SSSR count). The van der Waals surface area contributed by atoms with Gasteiger partial charge in [-0.2, -0.15) is 0 Å². The van der Waals surface area contributed by atoms with Crippen molar-refractivity contribution in [1.82, 2.24) is 19.8 Å². The van der Waals surface area contributed by atoms with Gasteiger partial charge in [-0.15, -0.1) is 0 Å². The maximum atomic E-state index is 12.6. The van der Waals surface area contributed by atoms with Crippen LogP contribution < -0.4 is 5.32 Å². The SMILES string of the molecule is CN(C(=O)N[C@@H](Cn1ccnc1)C(C)(C)C)C1CCOCC1. The topological polar surface area (TPSA) is 59.4 Å². The average molecular weight is 308 g/mol. The lowest BCUT2D eigenvalue weighted by atomic mass is 9.86. The maximum Gasteiger partial charge on any atom is 0.317 e. The molecule has 0 unspecified atom stereocenters. The Morgan fingerprint density at radius 1 is 1.45 bits per heavy atom. The summed E-state index contributed by atoms with van der Waals surface area (Å²) in [4.78, 5) is 18.5. The minimum Gasteiger partial charge on any atom is -0.381 e. The summed E-state index contributed by atoms with van der Waals surface area (Å²) in [6, 6.07) is 0.297. The first-order valence-corrected chi connectivity index (χ1v) is 7.94. The van der Waals surface area contributed by atoms with Crippen LogP contribution in [-0.2, 0) is 11.3 Å². The standard InChI is InChI=1S/C16H28N4O2/c1-16(2,3)14(11-20-8-7-17-12-20)18-15(21)19(4)13-5-9-22-10-6-13/h7-8,12-14H,5-6,9-11H2,1-4H3,(H,18,21)/t14-/m0/s1. The molecule has 2 amide bonds. The first kappa shape index (κ1) is 16.8. The molecule has 6 heteroatoms. The number of hydrogen-bond donors (Lipinski definition) is 1. The Hall–Kier alpha value is -1.56. The van der Waals surface area contributed by atoms with E-state index in [1.54, 1.807) is 12.5 Å². The number of nitrogens with zero attached hydrogens (tertiary/aromatic N) is 3. The van der Waals surface area contributed by atoms with Gasteiger partial charge in [0.15, 0.2) is 0 Å². The van der Waals surface area contributed by atoms with Gasteiger partial charge in [0, 0.05) is 45.2 Å². The molecule has 124 valence electrons. The highest BCUT2D eigenvalue weighted by Gasteiger charge is 2.29. The van der Waals surface area contributed by atoms with Crippen molar-refractivity contribution in [3.05, 3.63) is 18.7 Å². The molecule has 0 aromatic carbocycles. The van der Waals surface area contributed by atoms with Crippen LogP contribution in [0.15, 0.2) is 18.7 Å².